The van der Waals surface area contributed by atoms with Crippen molar-refractivity contribution >= 4 is 27.3 Å². The molecule has 1 unspecified atom stereocenters. The maximum Gasteiger partial charge on any atom is 0.233 e. The van der Waals surface area contributed by atoms with E-state index in [0.717, 1.165) is 22.9 Å². The van der Waals surface area contributed by atoms with Crippen LogP contribution in [0, 0.1) is 18.7 Å². The molecule has 0 heterocycles. The third-order valence-electron chi connectivity index (χ3n) is 4.19. The van der Waals surface area contributed by atoms with Crippen LogP contribution in [0.1, 0.15) is 37.8 Å². The van der Waals surface area contributed by atoms with E-state index in [9.17, 15) is 17.6 Å². The minimum atomic E-state index is -3.80. The number of hydrogen-bond acceptors (Lipinski definition) is 3. The fourth-order valence-corrected chi connectivity index (χ4v) is 4.15. The van der Waals surface area contributed by atoms with Crippen molar-refractivity contribution in [3.63, 3.8) is 0 Å². The monoisotopic (exact) mass is 392 g/mol. The van der Waals surface area contributed by atoms with Gasteiger partial charge in [-0.15, -0.1) is 0 Å². The van der Waals surface area contributed by atoms with E-state index in [0.29, 0.717) is 0 Å². The molecule has 7 heteroatoms. The molecule has 1 atom stereocenters. The number of carbonyl (C=O) groups excluding carboxylic acids is 1. The van der Waals surface area contributed by atoms with Gasteiger partial charge in [-0.3, -0.25) is 9.52 Å². The number of para-hydroxylation sites is 1. The van der Waals surface area contributed by atoms with Gasteiger partial charge in [0.1, 0.15) is 5.82 Å². The molecule has 0 aliphatic carbocycles. The number of anilines is 2. The van der Waals surface area contributed by atoms with Crippen molar-refractivity contribution in [2.45, 2.75) is 33.6 Å². The molecule has 0 saturated heterocycles. The van der Waals surface area contributed by atoms with Crippen LogP contribution >= 0.6 is 0 Å². The van der Waals surface area contributed by atoms with Crippen LogP contribution in [0.15, 0.2) is 42.5 Å². The number of halogens is 1. The van der Waals surface area contributed by atoms with Gasteiger partial charge in [0.05, 0.1) is 17.4 Å². The van der Waals surface area contributed by atoms with Crippen molar-refractivity contribution in [3.05, 3.63) is 59.4 Å². The van der Waals surface area contributed by atoms with E-state index >= 15 is 0 Å². The summed E-state index contributed by atoms with van der Waals surface area (Å²) in [5.41, 5.74) is 2.77. The Bertz CT molecular complexity index is 927. The van der Waals surface area contributed by atoms with Crippen LogP contribution in [0.5, 0.6) is 0 Å². The van der Waals surface area contributed by atoms with Crippen LogP contribution in [0.3, 0.4) is 0 Å². The number of aryl methyl sites for hydroxylation is 1. The number of sulfonamides is 1. The zero-order valence-corrected chi connectivity index (χ0v) is 16.7. The fraction of sp³-hybridized carbons (Fsp3) is 0.350. The summed E-state index contributed by atoms with van der Waals surface area (Å²) < 4.78 is 40.1. The maximum atomic E-state index is 13.2. The average molecular weight is 392 g/mol. The Balaban J connectivity index is 2.10. The summed E-state index contributed by atoms with van der Waals surface area (Å²) >= 11 is 0. The molecule has 2 rings (SSSR count). The summed E-state index contributed by atoms with van der Waals surface area (Å²) in [5.74, 6) is -1.89. The summed E-state index contributed by atoms with van der Waals surface area (Å²) in [4.78, 5) is 12.6. The van der Waals surface area contributed by atoms with Crippen molar-refractivity contribution in [1.29, 1.82) is 0 Å². The molecule has 5 nitrogen and oxygen atoms in total. The first-order valence-electron chi connectivity index (χ1n) is 8.75. The van der Waals surface area contributed by atoms with Gasteiger partial charge in [0.2, 0.25) is 15.9 Å². The Labute approximate surface area is 160 Å². The lowest BCUT2D eigenvalue weighted by Crippen LogP contribution is -2.30. The van der Waals surface area contributed by atoms with E-state index < -0.39 is 27.5 Å². The predicted octanol–water partition coefficient (Wildman–Crippen LogP) is 4.27. The van der Waals surface area contributed by atoms with Crippen LogP contribution in [-0.4, -0.2) is 20.1 Å². The normalized spacial score (nSPS) is 12.7. The Hall–Kier alpha value is -2.41. The van der Waals surface area contributed by atoms with Gasteiger partial charge in [-0.1, -0.05) is 45.0 Å². The van der Waals surface area contributed by atoms with Crippen molar-refractivity contribution < 1.29 is 17.6 Å². The Morgan fingerprint density at radius 3 is 2.41 bits per heavy atom. The summed E-state index contributed by atoms with van der Waals surface area (Å²) in [6.07, 6.45) is 0. The molecular formula is C20H25FN2O3S. The molecular weight excluding hydrogens is 367 g/mol. The highest BCUT2D eigenvalue weighted by atomic mass is 32.2. The minimum absolute atomic E-state index is 0.128. The highest BCUT2D eigenvalue weighted by Gasteiger charge is 2.23. The molecule has 0 bridgehead atoms. The van der Waals surface area contributed by atoms with Gasteiger partial charge in [-0.25, -0.2) is 12.8 Å². The zero-order chi connectivity index (χ0) is 20.2. The second kappa shape index (κ2) is 8.52. The van der Waals surface area contributed by atoms with E-state index in [4.69, 9.17) is 0 Å². The topological polar surface area (TPSA) is 75.3 Å². The molecule has 0 aliphatic rings. The van der Waals surface area contributed by atoms with Crippen molar-refractivity contribution in [2.24, 2.45) is 5.92 Å². The molecule has 1 amide bonds. The largest absolute Gasteiger partial charge is 0.325 e. The zero-order valence-electron chi connectivity index (χ0n) is 15.9. The van der Waals surface area contributed by atoms with Crippen molar-refractivity contribution in [3.8, 4) is 0 Å². The highest BCUT2D eigenvalue weighted by Crippen LogP contribution is 2.28. The molecule has 27 heavy (non-hydrogen) atoms. The Kier molecular flexibility index (Phi) is 6.59. The van der Waals surface area contributed by atoms with Gasteiger partial charge >= 0.3 is 0 Å². The van der Waals surface area contributed by atoms with E-state index in [1.54, 1.807) is 6.92 Å². The van der Waals surface area contributed by atoms with Gasteiger partial charge in [-0.05, 0) is 42.2 Å². The number of carbonyl (C=O) groups is 1. The number of benzene rings is 2. The van der Waals surface area contributed by atoms with E-state index in [1.165, 1.54) is 18.2 Å². The fourth-order valence-electron chi connectivity index (χ4n) is 2.77. The summed E-state index contributed by atoms with van der Waals surface area (Å²) in [6.45, 7) is 7.50. The minimum Gasteiger partial charge on any atom is -0.325 e. The third kappa shape index (κ3) is 5.79. The first-order valence-corrected chi connectivity index (χ1v) is 10.4. The molecule has 2 N–H and O–H groups in total. The second-order valence-corrected chi connectivity index (χ2v) is 8.74. The van der Waals surface area contributed by atoms with Gasteiger partial charge in [0, 0.05) is 5.69 Å². The lowest BCUT2D eigenvalue weighted by Gasteiger charge is -2.19. The predicted molar refractivity (Wildman–Crippen MR) is 107 cm³/mol. The summed E-state index contributed by atoms with van der Waals surface area (Å²) in [6, 6.07) is 10.9. The Morgan fingerprint density at radius 1 is 1.11 bits per heavy atom. The standard InChI is InChI=1S/C20H25FN2O3S/c1-13(2)18-10-5-7-14(3)19(18)22-20(24)15(4)12-27(25,26)23-17-9-6-8-16(21)11-17/h5-11,13,15,23H,12H2,1-4H3,(H,22,24). The van der Waals surface area contributed by atoms with E-state index in [2.05, 4.69) is 10.0 Å². The molecule has 0 aromatic heterocycles. The number of hydrogen-bond donors (Lipinski definition) is 2. The lowest BCUT2D eigenvalue weighted by molar-refractivity contribution is -0.118. The summed E-state index contributed by atoms with van der Waals surface area (Å²) in [7, 11) is -3.80. The smallest absolute Gasteiger partial charge is 0.233 e. The maximum absolute atomic E-state index is 13.2. The SMILES string of the molecule is Cc1cccc(C(C)C)c1NC(=O)C(C)CS(=O)(=O)Nc1cccc(F)c1. The lowest BCUT2D eigenvalue weighted by atomic mass is 9.98. The van der Waals surface area contributed by atoms with Gasteiger partial charge in [0.25, 0.3) is 0 Å². The number of nitrogens with one attached hydrogen (secondary N) is 2. The van der Waals surface area contributed by atoms with Crippen molar-refractivity contribution in [2.75, 3.05) is 15.8 Å². The molecule has 2 aromatic rings. The van der Waals surface area contributed by atoms with Crippen LogP contribution in [0.2, 0.25) is 0 Å². The van der Waals surface area contributed by atoms with Crippen molar-refractivity contribution in [1.82, 2.24) is 0 Å². The molecule has 0 saturated carbocycles. The quantitative estimate of drug-likeness (QED) is 0.739. The second-order valence-electron chi connectivity index (χ2n) is 6.98. The van der Waals surface area contributed by atoms with Crippen LogP contribution < -0.4 is 10.0 Å². The van der Waals surface area contributed by atoms with Crippen LogP contribution in [-0.2, 0) is 14.8 Å². The molecule has 0 fully saturated rings. The van der Waals surface area contributed by atoms with Crippen LogP contribution in [0.25, 0.3) is 0 Å². The first kappa shape index (κ1) is 20.9. The number of amides is 1. The van der Waals surface area contributed by atoms with Crippen LogP contribution in [0.4, 0.5) is 15.8 Å². The first-order chi connectivity index (χ1) is 12.6. The molecule has 0 aliphatic heterocycles. The average Bonchev–Trinajstić information content (AvgIpc) is 2.55. The van der Waals surface area contributed by atoms with Gasteiger partial charge in [-0.2, -0.15) is 0 Å². The molecule has 146 valence electrons. The van der Waals surface area contributed by atoms with E-state index in [1.807, 2.05) is 39.0 Å². The van der Waals surface area contributed by atoms with E-state index in [-0.39, 0.29) is 17.5 Å². The van der Waals surface area contributed by atoms with Gasteiger partial charge < -0.3 is 5.32 Å². The third-order valence-corrected chi connectivity index (χ3v) is 5.68. The molecule has 0 spiro atoms. The highest BCUT2D eigenvalue weighted by molar-refractivity contribution is 7.92. The Morgan fingerprint density at radius 2 is 1.78 bits per heavy atom. The summed E-state index contributed by atoms with van der Waals surface area (Å²) in [5, 5.41) is 2.86. The van der Waals surface area contributed by atoms with Gasteiger partial charge in [0.15, 0.2) is 0 Å². The molecule has 0 radical (unpaired) electrons. The number of rotatable bonds is 7. The molecule has 2 aromatic carbocycles.